The smallest absolute Gasteiger partial charge is 0.253 e. The Labute approximate surface area is 150 Å². The summed E-state index contributed by atoms with van der Waals surface area (Å²) in [7, 11) is 1.94. The number of hydrogen-bond donors (Lipinski definition) is 1. The molecule has 1 heterocycles. The summed E-state index contributed by atoms with van der Waals surface area (Å²) in [4.78, 5) is 28.5. The van der Waals surface area contributed by atoms with Crippen molar-refractivity contribution in [3.8, 4) is 0 Å². The first-order valence-corrected chi connectivity index (χ1v) is 8.43. The predicted octanol–water partition coefficient (Wildman–Crippen LogP) is 2.27. The van der Waals surface area contributed by atoms with Gasteiger partial charge in [0, 0.05) is 37.3 Å². The van der Waals surface area contributed by atoms with E-state index >= 15 is 0 Å². The van der Waals surface area contributed by atoms with Gasteiger partial charge in [0.2, 0.25) is 0 Å². The Morgan fingerprint density at radius 3 is 2.29 bits per heavy atom. The molecule has 0 bridgehead atoms. The van der Waals surface area contributed by atoms with Crippen LogP contribution in [0.5, 0.6) is 0 Å². The molecule has 2 rings (SSSR count). The Balaban J connectivity index is 0.00000288. The third kappa shape index (κ3) is 4.71. The molecule has 6 heteroatoms. The molecular formula is C18H28ClN3O2. The van der Waals surface area contributed by atoms with E-state index in [0.717, 1.165) is 26.1 Å². The molecule has 1 N–H and O–H groups in total. The fourth-order valence-corrected chi connectivity index (χ4v) is 3.10. The van der Waals surface area contributed by atoms with Gasteiger partial charge in [-0.3, -0.25) is 9.59 Å². The van der Waals surface area contributed by atoms with Crippen LogP contribution in [0.25, 0.3) is 0 Å². The van der Waals surface area contributed by atoms with E-state index in [2.05, 4.69) is 5.32 Å². The maximum atomic E-state index is 12.5. The van der Waals surface area contributed by atoms with Gasteiger partial charge in [-0.15, -0.1) is 12.4 Å². The van der Waals surface area contributed by atoms with Gasteiger partial charge in [-0.05, 0) is 64.0 Å². The van der Waals surface area contributed by atoms with Gasteiger partial charge in [0.25, 0.3) is 11.8 Å². The van der Waals surface area contributed by atoms with E-state index in [0.29, 0.717) is 30.1 Å². The molecule has 1 atom stereocenters. The van der Waals surface area contributed by atoms with Crippen LogP contribution in [0, 0.1) is 5.92 Å². The lowest BCUT2D eigenvalue weighted by Crippen LogP contribution is -2.31. The Hall–Kier alpha value is -1.59. The maximum absolute atomic E-state index is 12.5. The van der Waals surface area contributed by atoms with Crippen LogP contribution in [0.15, 0.2) is 24.3 Å². The zero-order chi connectivity index (χ0) is 16.8. The molecule has 5 nitrogen and oxygen atoms in total. The highest BCUT2D eigenvalue weighted by atomic mass is 35.5. The molecule has 0 aliphatic carbocycles. The largest absolute Gasteiger partial charge is 0.339 e. The quantitative estimate of drug-likeness (QED) is 0.853. The molecule has 1 saturated heterocycles. The van der Waals surface area contributed by atoms with E-state index in [1.807, 2.05) is 25.8 Å². The Kier molecular flexibility index (Phi) is 8.22. The van der Waals surface area contributed by atoms with E-state index in [-0.39, 0.29) is 24.2 Å². The van der Waals surface area contributed by atoms with Crippen molar-refractivity contribution in [2.45, 2.75) is 20.3 Å². The van der Waals surface area contributed by atoms with Gasteiger partial charge in [0.15, 0.2) is 0 Å². The first-order valence-electron chi connectivity index (χ1n) is 8.43. The number of benzene rings is 1. The summed E-state index contributed by atoms with van der Waals surface area (Å²) >= 11 is 0. The summed E-state index contributed by atoms with van der Waals surface area (Å²) in [6, 6.07) is 7.05. The summed E-state index contributed by atoms with van der Waals surface area (Å²) in [5.41, 5.74) is 1.30. The van der Waals surface area contributed by atoms with Gasteiger partial charge < -0.3 is 15.1 Å². The molecule has 1 aromatic carbocycles. The van der Waals surface area contributed by atoms with Gasteiger partial charge in [0.1, 0.15) is 0 Å². The van der Waals surface area contributed by atoms with Crippen molar-refractivity contribution in [3.63, 3.8) is 0 Å². The van der Waals surface area contributed by atoms with Crippen LogP contribution < -0.4 is 5.32 Å². The number of nitrogens with zero attached hydrogens (tertiary/aromatic N) is 2. The van der Waals surface area contributed by atoms with E-state index in [9.17, 15) is 9.59 Å². The highest BCUT2D eigenvalue weighted by molar-refractivity contribution is 5.97. The van der Waals surface area contributed by atoms with Crippen LogP contribution in [-0.4, -0.2) is 61.4 Å². The highest BCUT2D eigenvalue weighted by Crippen LogP contribution is 2.18. The van der Waals surface area contributed by atoms with E-state index in [1.165, 1.54) is 0 Å². The number of nitrogens with one attached hydrogen (secondary N) is 1. The van der Waals surface area contributed by atoms with Gasteiger partial charge >= 0.3 is 0 Å². The zero-order valence-corrected chi connectivity index (χ0v) is 15.6. The number of amides is 2. The van der Waals surface area contributed by atoms with E-state index in [4.69, 9.17) is 0 Å². The number of likely N-dealkylation sites (tertiary alicyclic amines) is 1. The molecule has 134 valence electrons. The third-order valence-electron chi connectivity index (χ3n) is 4.50. The molecule has 24 heavy (non-hydrogen) atoms. The molecule has 0 aromatic heterocycles. The number of carbonyl (C=O) groups is 2. The van der Waals surface area contributed by atoms with Crippen molar-refractivity contribution in [2.24, 2.45) is 5.92 Å². The lowest BCUT2D eigenvalue weighted by molar-refractivity contribution is 0.0766. The molecule has 1 unspecified atom stereocenters. The number of rotatable bonds is 6. The van der Waals surface area contributed by atoms with Gasteiger partial charge in [0.05, 0.1) is 0 Å². The molecule has 1 aromatic rings. The van der Waals surface area contributed by atoms with Crippen LogP contribution in [0.1, 0.15) is 41.0 Å². The standard InChI is InChI=1S/C18H27N3O2.ClH/c1-4-20(5-2)17(22)15-6-8-16(9-7-15)18(23)21-11-10-14(13-21)12-19-3;/h6-9,14,19H,4-5,10-13H2,1-3H3;1H. The van der Waals surface area contributed by atoms with Crippen molar-refractivity contribution in [1.82, 2.24) is 15.1 Å². The zero-order valence-electron chi connectivity index (χ0n) is 14.7. The molecule has 0 spiro atoms. The Morgan fingerprint density at radius 2 is 1.75 bits per heavy atom. The molecule has 0 saturated carbocycles. The molecule has 2 amide bonds. The lowest BCUT2D eigenvalue weighted by Gasteiger charge is -2.19. The SMILES string of the molecule is CCN(CC)C(=O)c1ccc(C(=O)N2CCC(CNC)C2)cc1.Cl. The van der Waals surface area contributed by atoms with Crippen LogP contribution in [0.2, 0.25) is 0 Å². The van der Waals surface area contributed by atoms with Crippen molar-refractivity contribution < 1.29 is 9.59 Å². The first kappa shape index (κ1) is 20.5. The second-order valence-corrected chi connectivity index (χ2v) is 6.02. The third-order valence-corrected chi connectivity index (χ3v) is 4.50. The minimum absolute atomic E-state index is 0. The molecular weight excluding hydrogens is 326 g/mol. The van der Waals surface area contributed by atoms with Gasteiger partial charge in [-0.1, -0.05) is 0 Å². The van der Waals surface area contributed by atoms with Crippen LogP contribution in [-0.2, 0) is 0 Å². The summed E-state index contributed by atoms with van der Waals surface area (Å²) in [6.45, 7) is 7.88. The van der Waals surface area contributed by atoms with Gasteiger partial charge in [-0.25, -0.2) is 0 Å². The Bertz CT molecular complexity index is 544. The Morgan fingerprint density at radius 1 is 1.17 bits per heavy atom. The first-order chi connectivity index (χ1) is 11.1. The van der Waals surface area contributed by atoms with Crippen molar-refractivity contribution in [2.75, 3.05) is 39.8 Å². The molecule has 0 radical (unpaired) electrons. The van der Waals surface area contributed by atoms with Crippen LogP contribution >= 0.6 is 12.4 Å². The van der Waals surface area contributed by atoms with Crippen molar-refractivity contribution in [1.29, 1.82) is 0 Å². The fraction of sp³-hybridized carbons (Fsp3) is 0.556. The fourth-order valence-electron chi connectivity index (χ4n) is 3.10. The maximum Gasteiger partial charge on any atom is 0.253 e. The van der Waals surface area contributed by atoms with Gasteiger partial charge in [-0.2, -0.15) is 0 Å². The summed E-state index contributed by atoms with van der Waals surface area (Å²) in [5, 5.41) is 3.17. The molecule has 1 aliphatic heterocycles. The highest BCUT2D eigenvalue weighted by Gasteiger charge is 2.26. The second kappa shape index (κ2) is 9.64. The normalized spacial score (nSPS) is 16.6. The number of carbonyl (C=O) groups excluding carboxylic acids is 2. The summed E-state index contributed by atoms with van der Waals surface area (Å²) in [6.07, 6.45) is 1.05. The minimum atomic E-state index is 0. The average molecular weight is 354 g/mol. The average Bonchev–Trinajstić information content (AvgIpc) is 3.04. The number of halogens is 1. The topological polar surface area (TPSA) is 52.7 Å². The van der Waals surface area contributed by atoms with E-state index < -0.39 is 0 Å². The minimum Gasteiger partial charge on any atom is -0.339 e. The predicted molar refractivity (Wildman–Crippen MR) is 98.9 cm³/mol. The van der Waals surface area contributed by atoms with Crippen molar-refractivity contribution >= 4 is 24.2 Å². The molecule has 1 aliphatic rings. The number of hydrogen-bond acceptors (Lipinski definition) is 3. The van der Waals surface area contributed by atoms with Crippen molar-refractivity contribution in [3.05, 3.63) is 35.4 Å². The molecule has 1 fully saturated rings. The van der Waals surface area contributed by atoms with Crippen LogP contribution in [0.4, 0.5) is 0 Å². The van der Waals surface area contributed by atoms with E-state index in [1.54, 1.807) is 29.2 Å². The monoisotopic (exact) mass is 353 g/mol. The summed E-state index contributed by atoms with van der Waals surface area (Å²) < 4.78 is 0. The lowest BCUT2D eigenvalue weighted by atomic mass is 10.1. The second-order valence-electron chi connectivity index (χ2n) is 6.02. The summed E-state index contributed by atoms with van der Waals surface area (Å²) in [5.74, 6) is 0.613. The van der Waals surface area contributed by atoms with Crippen LogP contribution in [0.3, 0.4) is 0 Å².